The highest BCUT2D eigenvalue weighted by atomic mass is 19.3. The van der Waals surface area contributed by atoms with Gasteiger partial charge in [-0.1, -0.05) is 18.6 Å². The van der Waals surface area contributed by atoms with Crippen molar-refractivity contribution < 1.29 is 13.9 Å². The van der Waals surface area contributed by atoms with E-state index in [0.717, 1.165) is 11.1 Å². The molecule has 1 aromatic heterocycles. The lowest BCUT2D eigenvalue weighted by Gasteiger charge is -2.14. The fourth-order valence-electron chi connectivity index (χ4n) is 1.43. The van der Waals surface area contributed by atoms with Gasteiger partial charge < -0.3 is 10.8 Å². The average Bonchev–Trinajstić information content (AvgIpc) is 2.61. The first-order valence-corrected chi connectivity index (χ1v) is 5.14. The summed E-state index contributed by atoms with van der Waals surface area (Å²) in [5.74, 6) is -3.18. The molecule has 3 N–H and O–H groups in total. The molecule has 0 bridgehead atoms. The lowest BCUT2D eigenvalue weighted by atomic mass is 10.2. The minimum atomic E-state index is -3.18. The summed E-state index contributed by atoms with van der Waals surface area (Å²) in [7, 11) is 0. The molecular formula is C9H16F2N4O. The predicted molar refractivity (Wildman–Crippen MR) is 53.9 cm³/mol. The number of nitrogens with zero attached hydrogens (tertiary/aromatic N) is 3. The highest BCUT2D eigenvalue weighted by molar-refractivity contribution is 5.10. The lowest BCUT2D eigenvalue weighted by Crippen LogP contribution is -2.29. The third-order valence-electron chi connectivity index (χ3n) is 2.21. The molecule has 0 aliphatic carbocycles. The summed E-state index contributed by atoms with van der Waals surface area (Å²) in [6.07, 6.45) is 1.39. The van der Waals surface area contributed by atoms with Crippen LogP contribution in [-0.4, -0.2) is 32.6 Å². The van der Waals surface area contributed by atoms with E-state index < -0.39 is 19.1 Å². The Morgan fingerprint density at radius 1 is 1.50 bits per heavy atom. The van der Waals surface area contributed by atoms with E-state index in [1.165, 1.54) is 0 Å². The quantitative estimate of drug-likeness (QED) is 0.743. The van der Waals surface area contributed by atoms with Crippen LogP contribution >= 0.6 is 0 Å². The van der Waals surface area contributed by atoms with Crippen LogP contribution < -0.4 is 5.73 Å². The first kappa shape index (κ1) is 13.0. The smallest absolute Gasteiger partial charge is 0.289 e. The van der Waals surface area contributed by atoms with Gasteiger partial charge in [0.05, 0.1) is 11.4 Å². The van der Waals surface area contributed by atoms with E-state index in [0.29, 0.717) is 17.8 Å². The fourth-order valence-corrected chi connectivity index (χ4v) is 1.43. The number of hydrogen-bond acceptors (Lipinski definition) is 4. The molecule has 1 rings (SSSR count). The number of aliphatic hydroxyl groups is 1. The topological polar surface area (TPSA) is 77.0 Å². The molecule has 0 aliphatic heterocycles. The second-order valence-corrected chi connectivity index (χ2v) is 3.61. The van der Waals surface area contributed by atoms with Crippen molar-refractivity contribution in [2.24, 2.45) is 5.73 Å². The third kappa shape index (κ3) is 2.96. The summed E-state index contributed by atoms with van der Waals surface area (Å²) in [5.41, 5.74) is 6.60. The molecule has 0 atom stereocenters. The highest BCUT2D eigenvalue weighted by Gasteiger charge is 2.30. The standard InChI is InChI=1S/C9H16F2N4O/c1-2-3-8-7(4-12)13-14-15(8)5-9(10,11)6-16/h16H,2-6,12H2,1H3. The van der Waals surface area contributed by atoms with E-state index >= 15 is 0 Å². The minimum Gasteiger partial charge on any atom is -0.390 e. The van der Waals surface area contributed by atoms with Crippen LogP contribution in [0.3, 0.4) is 0 Å². The van der Waals surface area contributed by atoms with Crippen molar-refractivity contribution in [2.45, 2.75) is 38.8 Å². The number of rotatable bonds is 6. The number of aliphatic hydroxyl groups excluding tert-OH is 1. The summed E-state index contributed by atoms with van der Waals surface area (Å²) in [4.78, 5) is 0. The van der Waals surface area contributed by atoms with Gasteiger partial charge in [0.25, 0.3) is 5.92 Å². The van der Waals surface area contributed by atoms with E-state index in [4.69, 9.17) is 10.8 Å². The first-order valence-electron chi connectivity index (χ1n) is 5.14. The predicted octanol–water partition coefficient (Wildman–Crippen LogP) is 0.317. The van der Waals surface area contributed by atoms with E-state index in [-0.39, 0.29) is 6.54 Å². The molecule has 1 heterocycles. The van der Waals surface area contributed by atoms with Crippen molar-refractivity contribution in [1.82, 2.24) is 15.0 Å². The second kappa shape index (κ2) is 5.31. The third-order valence-corrected chi connectivity index (χ3v) is 2.21. The fraction of sp³-hybridized carbons (Fsp3) is 0.778. The Labute approximate surface area is 92.2 Å². The van der Waals surface area contributed by atoms with Crippen molar-refractivity contribution >= 4 is 0 Å². The van der Waals surface area contributed by atoms with Crippen molar-refractivity contribution in [2.75, 3.05) is 6.61 Å². The molecule has 16 heavy (non-hydrogen) atoms. The molecule has 0 unspecified atom stereocenters. The molecule has 1 aromatic rings. The second-order valence-electron chi connectivity index (χ2n) is 3.61. The molecule has 92 valence electrons. The molecule has 0 aromatic carbocycles. The highest BCUT2D eigenvalue weighted by Crippen LogP contribution is 2.17. The van der Waals surface area contributed by atoms with Crippen LogP contribution in [0.4, 0.5) is 8.78 Å². The van der Waals surface area contributed by atoms with Crippen LogP contribution in [0.2, 0.25) is 0 Å². The molecule has 0 saturated heterocycles. The van der Waals surface area contributed by atoms with Crippen molar-refractivity contribution in [3.8, 4) is 0 Å². The zero-order valence-corrected chi connectivity index (χ0v) is 9.16. The number of alkyl halides is 2. The van der Waals surface area contributed by atoms with Crippen LogP contribution in [0.5, 0.6) is 0 Å². The Morgan fingerprint density at radius 2 is 2.19 bits per heavy atom. The molecule has 0 radical (unpaired) electrons. The van der Waals surface area contributed by atoms with Gasteiger partial charge >= 0.3 is 0 Å². The summed E-state index contributed by atoms with van der Waals surface area (Å²) in [5, 5.41) is 15.9. The SMILES string of the molecule is CCCc1c(CN)nnn1CC(F)(F)CO. The number of nitrogens with two attached hydrogens (primary N) is 1. The van der Waals surface area contributed by atoms with Gasteiger partial charge in [-0.05, 0) is 6.42 Å². The Bertz CT molecular complexity index is 340. The maximum atomic E-state index is 13.0. The van der Waals surface area contributed by atoms with Gasteiger partial charge in [-0.3, -0.25) is 0 Å². The molecule has 0 saturated carbocycles. The number of aromatic nitrogens is 3. The maximum Gasteiger partial charge on any atom is 0.289 e. The van der Waals surface area contributed by atoms with Crippen molar-refractivity contribution in [3.05, 3.63) is 11.4 Å². The Morgan fingerprint density at radius 3 is 2.69 bits per heavy atom. The van der Waals surface area contributed by atoms with E-state index in [1.54, 1.807) is 0 Å². The Kier molecular flexibility index (Phi) is 4.31. The zero-order valence-electron chi connectivity index (χ0n) is 9.16. The maximum absolute atomic E-state index is 13.0. The molecular weight excluding hydrogens is 218 g/mol. The Balaban J connectivity index is 2.91. The number of hydrogen-bond donors (Lipinski definition) is 2. The normalized spacial score (nSPS) is 12.1. The van der Waals surface area contributed by atoms with Gasteiger partial charge in [-0.25, -0.2) is 13.5 Å². The largest absolute Gasteiger partial charge is 0.390 e. The molecule has 0 amide bonds. The van der Waals surface area contributed by atoms with Gasteiger partial charge in [0.1, 0.15) is 13.2 Å². The van der Waals surface area contributed by atoms with Crippen LogP contribution in [0, 0.1) is 0 Å². The van der Waals surface area contributed by atoms with Crippen LogP contribution in [0.1, 0.15) is 24.7 Å². The van der Waals surface area contributed by atoms with E-state index in [2.05, 4.69) is 10.3 Å². The molecule has 0 spiro atoms. The summed E-state index contributed by atoms with van der Waals surface area (Å²) in [6.45, 7) is 0.254. The first-order chi connectivity index (χ1) is 7.54. The molecule has 7 heteroatoms. The van der Waals surface area contributed by atoms with Gasteiger partial charge in [0, 0.05) is 6.54 Å². The number of halogens is 2. The summed E-state index contributed by atoms with van der Waals surface area (Å²) in [6, 6.07) is 0. The zero-order chi connectivity index (χ0) is 12.2. The van der Waals surface area contributed by atoms with Crippen molar-refractivity contribution in [1.29, 1.82) is 0 Å². The molecule has 0 fully saturated rings. The van der Waals surface area contributed by atoms with Crippen molar-refractivity contribution in [3.63, 3.8) is 0 Å². The molecule has 0 aliphatic rings. The van der Waals surface area contributed by atoms with Crippen LogP contribution in [-0.2, 0) is 19.5 Å². The van der Waals surface area contributed by atoms with Gasteiger partial charge in [0.2, 0.25) is 0 Å². The monoisotopic (exact) mass is 234 g/mol. The van der Waals surface area contributed by atoms with Gasteiger partial charge in [-0.15, -0.1) is 5.10 Å². The van der Waals surface area contributed by atoms with Gasteiger partial charge in [0.15, 0.2) is 0 Å². The van der Waals surface area contributed by atoms with Crippen LogP contribution in [0.25, 0.3) is 0 Å². The van der Waals surface area contributed by atoms with Gasteiger partial charge in [-0.2, -0.15) is 0 Å². The average molecular weight is 234 g/mol. The summed E-state index contributed by atoms with van der Waals surface area (Å²) >= 11 is 0. The summed E-state index contributed by atoms with van der Waals surface area (Å²) < 4.78 is 27.1. The van der Waals surface area contributed by atoms with Crippen LogP contribution in [0.15, 0.2) is 0 Å². The Hall–Kier alpha value is -1.08. The van der Waals surface area contributed by atoms with E-state index in [9.17, 15) is 8.78 Å². The minimum absolute atomic E-state index is 0.181. The molecule has 5 nitrogen and oxygen atoms in total. The van der Waals surface area contributed by atoms with E-state index in [1.807, 2.05) is 6.92 Å². The lowest BCUT2D eigenvalue weighted by molar-refractivity contribution is -0.0660.